The zero-order chi connectivity index (χ0) is 21.6. The third-order valence-electron chi connectivity index (χ3n) is 5.30. The molecular formula is C24H28N4O3. The molecule has 1 saturated heterocycles. The van der Waals surface area contributed by atoms with E-state index in [0.29, 0.717) is 6.61 Å². The Kier molecular flexibility index (Phi) is 6.64. The van der Waals surface area contributed by atoms with Gasteiger partial charge in [0.25, 0.3) is 0 Å². The Balaban J connectivity index is 1.51. The second-order valence-corrected chi connectivity index (χ2v) is 7.50. The molecule has 162 valence electrons. The summed E-state index contributed by atoms with van der Waals surface area (Å²) in [4.78, 5) is 11.4. The van der Waals surface area contributed by atoms with Crippen LogP contribution in [0.3, 0.4) is 0 Å². The summed E-state index contributed by atoms with van der Waals surface area (Å²) in [5.74, 6) is 2.46. The van der Waals surface area contributed by atoms with Gasteiger partial charge in [-0.1, -0.05) is 12.1 Å². The summed E-state index contributed by atoms with van der Waals surface area (Å²) >= 11 is 0. The summed E-state index contributed by atoms with van der Waals surface area (Å²) in [5, 5.41) is 3.35. The first kappa shape index (κ1) is 21.1. The molecule has 1 aliphatic heterocycles. The van der Waals surface area contributed by atoms with Crippen LogP contribution in [0.5, 0.6) is 11.5 Å². The number of hydrogen-bond acceptors (Lipinski definition) is 7. The molecule has 1 atom stereocenters. The highest BCUT2D eigenvalue weighted by atomic mass is 16.5. The second kappa shape index (κ2) is 9.76. The Hall–Kier alpha value is -3.16. The number of aryl methyl sites for hydroxylation is 1. The SMILES string of the molecule is COc1cccc(OC)c1CN1CCO[C@@H](c2cc(Nc3ccccn3)cc(C)n2)C1. The van der Waals surface area contributed by atoms with Gasteiger partial charge in [0, 0.05) is 37.2 Å². The van der Waals surface area contributed by atoms with Gasteiger partial charge in [0.2, 0.25) is 0 Å². The van der Waals surface area contributed by atoms with Gasteiger partial charge in [0.15, 0.2) is 0 Å². The van der Waals surface area contributed by atoms with Crippen LogP contribution in [0, 0.1) is 6.92 Å². The normalized spacial score (nSPS) is 16.7. The maximum atomic E-state index is 6.10. The average molecular weight is 421 g/mol. The van der Waals surface area contributed by atoms with E-state index in [0.717, 1.165) is 59.6 Å². The maximum Gasteiger partial charge on any atom is 0.130 e. The van der Waals surface area contributed by atoms with Gasteiger partial charge >= 0.3 is 0 Å². The first-order chi connectivity index (χ1) is 15.2. The fraction of sp³-hybridized carbons (Fsp3) is 0.333. The van der Waals surface area contributed by atoms with Crippen LogP contribution in [-0.2, 0) is 11.3 Å². The minimum atomic E-state index is -0.112. The smallest absolute Gasteiger partial charge is 0.130 e. The Morgan fingerprint density at radius 3 is 2.61 bits per heavy atom. The molecule has 7 nitrogen and oxygen atoms in total. The zero-order valence-electron chi connectivity index (χ0n) is 18.2. The van der Waals surface area contributed by atoms with Crippen molar-refractivity contribution in [3.05, 3.63) is 71.7 Å². The monoisotopic (exact) mass is 420 g/mol. The van der Waals surface area contributed by atoms with Crippen LogP contribution in [0.15, 0.2) is 54.7 Å². The van der Waals surface area contributed by atoms with E-state index in [1.54, 1.807) is 20.4 Å². The van der Waals surface area contributed by atoms with Crippen molar-refractivity contribution < 1.29 is 14.2 Å². The van der Waals surface area contributed by atoms with Crippen LogP contribution < -0.4 is 14.8 Å². The van der Waals surface area contributed by atoms with Crippen LogP contribution in [0.2, 0.25) is 0 Å². The van der Waals surface area contributed by atoms with Crippen molar-refractivity contribution in [2.45, 2.75) is 19.6 Å². The molecule has 0 amide bonds. The molecule has 1 aliphatic rings. The number of anilines is 2. The van der Waals surface area contributed by atoms with Crippen molar-refractivity contribution in [2.24, 2.45) is 0 Å². The van der Waals surface area contributed by atoms with Gasteiger partial charge in [-0.05, 0) is 43.3 Å². The average Bonchev–Trinajstić information content (AvgIpc) is 2.79. The van der Waals surface area contributed by atoms with Crippen LogP contribution in [0.4, 0.5) is 11.5 Å². The van der Waals surface area contributed by atoms with Crippen LogP contribution in [-0.4, -0.2) is 48.8 Å². The quantitative estimate of drug-likeness (QED) is 0.617. The zero-order valence-corrected chi connectivity index (χ0v) is 18.2. The molecular weight excluding hydrogens is 392 g/mol. The molecule has 0 unspecified atom stereocenters. The lowest BCUT2D eigenvalue weighted by Crippen LogP contribution is -2.38. The van der Waals surface area contributed by atoms with Crippen molar-refractivity contribution in [1.29, 1.82) is 0 Å². The Morgan fingerprint density at radius 2 is 1.90 bits per heavy atom. The highest BCUT2D eigenvalue weighted by Crippen LogP contribution is 2.32. The molecule has 3 aromatic rings. The molecule has 3 heterocycles. The van der Waals surface area contributed by atoms with Gasteiger partial charge in [-0.15, -0.1) is 0 Å². The number of hydrogen-bond donors (Lipinski definition) is 1. The summed E-state index contributed by atoms with van der Waals surface area (Å²) in [7, 11) is 3.38. The Labute approximate surface area is 183 Å². The molecule has 0 radical (unpaired) electrons. The first-order valence-electron chi connectivity index (χ1n) is 10.4. The highest BCUT2D eigenvalue weighted by molar-refractivity contribution is 5.56. The van der Waals surface area contributed by atoms with Gasteiger partial charge in [-0.25, -0.2) is 4.98 Å². The van der Waals surface area contributed by atoms with E-state index >= 15 is 0 Å². The number of nitrogens with zero attached hydrogens (tertiary/aromatic N) is 3. The van der Waals surface area contributed by atoms with Gasteiger partial charge in [0.05, 0.1) is 32.1 Å². The Morgan fingerprint density at radius 1 is 1.10 bits per heavy atom. The number of pyridine rings is 2. The van der Waals surface area contributed by atoms with Crippen molar-refractivity contribution >= 4 is 11.5 Å². The number of methoxy groups -OCH3 is 2. The molecule has 2 aromatic heterocycles. The van der Waals surface area contributed by atoms with Crippen molar-refractivity contribution in [2.75, 3.05) is 39.2 Å². The number of aromatic nitrogens is 2. The van der Waals surface area contributed by atoms with E-state index in [9.17, 15) is 0 Å². The summed E-state index contributed by atoms with van der Waals surface area (Å²) in [6, 6.07) is 15.7. The summed E-state index contributed by atoms with van der Waals surface area (Å²) in [5.41, 5.74) is 3.84. The summed E-state index contributed by atoms with van der Waals surface area (Å²) in [6.07, 6.45) is 1.66. The number of ether oxygens (including phenoxy) is 3. The standard InChI is InChI=1S/C24H28N4O3/c1-17-13-18(27-24-9-4-5-10-25-24)14-20(26-17)23-16-28(11-12-31-23)15-19-21(29-2)7-6-8-22(19)30-3/h4-10,13-14,23H,11-12,15-16H2,1-3H3,(H,25,26,27)/t23-/m1/s1. The largest absolute Gasteiger partial charge is 0.496 e. The molecule has 0 aliphatic carbocycles. The third kappa shape index (κ3) is 5.13. The Bertz CT molecular complexity index is 991. The van der Waals surface area contributed by atoms with E-state index in [4.69, 9.17) is 19.2 Å². The highest BCUT2D eigenvalue weighted by Gasteiger charge is 2.25. The maximum absolute atomic E-state index is 6.10. The summed E-state index contributed by atoms with van der Waals surface area (Å²) in [6.45, 7) is 4.93. The predicted molar refractivity (Wildman–Crippen MR) is 120 cm³/mol. The van der Waals surface area contributed by atoms with Crippen LogP contribution in [0.1, 0.15) is 23.1 Å². The molecule has 31 heavy (non-hydrogen) atoms. The van der Waals surface area contributed by atoms with Crippen LogP contribution >= 0.6 is 0 Å². The third-order valence-corrected chi connectivity index (χ3v) is 5.30. The lowest BCUT2D eigenvalue weighted by Gasteiger charge is -2.33. The lowest BCUT2D eigenvalue weighted by atomic mass is 10.1. The number of rotatable bonds is 7. The number of nitrogens with one attached hydrogen (secondary N) is 1. The number of morpholine rings is 1. The van der Waals surface area contributed by atoms with E-state index < -0.39 is 0 Å². The topological polar surface area (TPSA) is 68.7 Å². The molecule has 0 saturated carbocycles. The fourth-order valence-corrected chi connectivity index (χ4v) is 3.85. The predicted octanol–water partition coefficient (Wildman–Crippen LogP) is 4.12. The minimum Gasteiger partial charge on any atom is -0.496 e. The molecule has 0 bridgehead atoms. The molecule has 4 rings (SSSR count). The molecule has 1 aromatic carbocycles. The first-order valence-corrected chi connectivity index (χ1v) is 10.4. The van der Waals surface area contributed by atoms with Gasteiger partial charge in [0.1, 0.15) is 23.4 Å². The van der Waals surface area contributed by atoms with Gasteiger partial charge in [-0.3, -0.25) is 9.88 Å². The van der Waals surface area contributed by atoms with Gasteiger partial charge in [-0.2, -0.15) is 0 Å². The molecule has 7 heteroatoms. The van der Waals surface area contributed by atoms with Crippen LogP contribution in [0.25, 0.3) is 0 Å². The molecule has 1 fully saturated rings. The fourth-order valence-electron chi connectivity index (χ4n) is 3.85. The summed E-state index contributed by atoms with van der Waals surface area (Å²) < 4.78 is 17.2. The van der Waals surface area contributed by atoms with Crippen molar-refractivity contribution in [3.8, 4) is 11.5 Å². The van der Waals surface area contributed by atoms with Crippen molar-refractivity contribution in [1.82, 2.24) is 14.9 Å². The minimum absolute atomic E-state index is 0.112. The lowest BCUT2D eigenvalue weighted by molar-refractivity contribution is -0.0353. The van der Waals surface area contributed by atoms with E-state index in [2.05, 4.69) is 15.2 Å². The van der Waals surface area contributed by atoms with Crippen molar-refractivity contribution in [3.63, 3.8) is 0 Å². The van der Waals surface area contributed by atoms with E-state index in [1.807, 2.05) is 55.5 Å². The van der Waals surface area contributed by atoms with Gasteiger partial charge < -0.3 is 19.5 Å². The second-order valence-electron chi connectivity index (χ2n) is 7.50. The number of benzene rings is 1. The molecule has 1 N–H and O–H groups in total. The van der Waals surface area contributed by atoms with E-state index in [-0.39, 0.29) is 6.10 Å². The molecule has 0 spiro atoms. The van der Waals surface area contributed by atoms with E-state index in [1.165, 1.54) is 0 Å².